The minimum atomic E-state index is -1.26. The fraction of sp³-hybridized carbons (Fsp3) is 0.250. The Bertz CT molecular complexity index is 647. The normalized spacial score (nSPS) is 16.1. The van der Waals surface area contributed by atoms with Crippen LogP contribution in [-0.4, -0.2) is 24.3 Å². The fourth-order valence-electron chi connectivity index (χ4n) is 1.73. The van der Waals surface area contributed by atoms with Crippen molar-refractivity contribution in [2.75, 3.05) is 11.9 Å². The van der Waals surface area contributed by atoms with Gasteiger partial charge in [0.15, 0.2) is 5.57 Å². The van der Waals surface area contributed by atoms with Crippen molar-refractivity contribution in [3.8, 4) is 18.1 Å². The van der Waals surface area contributed by atoms with Crippen molar-refractivity contribution in [3.05, 3.63) is 36.0 Å². The summed E-state index contributed by atoms with van der Waals surface area (Å²) in [6, 6.07) is 6.90. The van der Waals surface area contributed by atoms with E-state index in [1.54, 1.807) is 24.3 Å². The number of hydrogen-bond donors (Lipinski definition) is 1. The number of carbonyl (C=O) groups excluding carboxylic acids is 2. The molecule has 0 atom stereocenters. The van der Waals surface area contributed by atoms with Crippen LogP contribution in [0.25, 0.3) is 0 Å². The molecule has 1 aliphatic rings. The third kappa shape index (κ3) is 3.79. The number of hydrogen-bond acceptors (Lipinski definition) is 6. The molecule has 1 fully saturated rings. The number of ether oxygens (including phenoxy) is 3. The van der Waals surface area contributed by atoms with Gasteiger partial charge in [0, 0.05) is 31.8 Å². The van der Waals surface area contributed by atoms with Gasteiger partial charge in [-0.05, 0) is 12.1 Å². The first-order valence-electron chi connectivity index (χ1n) is 6.51. The van der Waals surface area contributed by atoms with Crippen LogP contribution in [0.15, 0.2) is 36.0 Å². The first-order valence-corrected chi connectivity index (χ1v) is 6.51. The Labute approximate surface area is 128 Å². The highest BCUT2D eigenvalue weighted by molar-refractivity contribution is 6.15. The molecule has 0 bridgehead atoms. The van der Waals surface area contributed by atoms with E-state index < -0.39 is 17.7 Å². The Morgan fingerprint density at radius 1 is 1.32 bits per heavy atom. The van der Waals surface area contributed by atoms with Gasteiger partial charge >= 0.3 is 11.9 Å². The molecular weight excluding hydrogens is 286 g/mol. The summed E-state index contributed by atoms with van der Waals surface area (Å²) in [4.78, 5) is 23.5. The summed E-state index contributed by atoms with van der Waals surface area (Å²) in [5.41, 5.74) is 0.404. The van der Waals surface area contributed by atoms with E-state index in [1.807, 2.05) is 0 Å². The summed E-state index contributed by atoms with van der Waals surface area (Å²) < 4.78 is 15.2. The van der Waals surface area contributed by atoms with E-state index in [-0.39, 0.29) is 12.2 Å². The van der Waals surface area contributed by atoms with Crippen LogP contribution >= 0.6 is 0 Å². The number of terminal acetylenes is 1. The third-order valence-corrected chi connectivity index (χ3v) is 2.66. The number of nitrogens with one attached hydrogen (secondary N) is 1. The molecule has 6 nitrogen and oxygen atoms in total. The van der Waals surface area contributed by atoms with E-state index in [0.29, 0.717) is 11.4 Å². The Balaban J connectivity index is 2.10. The Kier molecular flexibility index (Phi) is 4.37. The maximum Gasteiger partial charge on any atom is 0.350 e. The number of carbonyl (C=O) groups is 2. The highest BCUT2D eigenvalue weighted by Crippen LogP contribution is 2.23. The quantitative estimate of drug-likeness (QED) is 0.396. The lowest BCUT2D eigenvalue weighted by Crippen LogP contribution is -2.42. The molecule has 0 aliphatic carbocycles. The minimum Gasteiger partial charge on any atom is -0.481 e. The standard InChI is InChI=1S/C16H15NO5/c1-4-8-20-12-7-5-6-11(9-12)17-10-13-14(18)21-16(2,3)22-15(13)19/h1,5-7,9-10,17H,8H2,2-3H3. The maximum atomic E-state index is 11.8. The van der Waals surface area contributed by atoms with Crippen LogP contribution in [0.4, 0.5) is 5.69 Å². The summed E-state index contributed by atoms with van der Waals surface area (Å²) in [5, 5.41) is 2.82. The van der Waals surface area contributed by atoms with E-state index in [4.69, 9.17) is 20.6 Å². The van der Waals surface area contributed by atoms with Crippen molar-refractivity contribution in [2.24, 2.45) is 0 Å². The second-order valence-electron chi connectivity index (χ2n) is 4.90. The highest BCUT2D eigenvalue weighted by Gasteiger charge is 2.38. The average molecular weight is 301 g/mol. The first-order chi connectivity index (χ1) is 10.4. The zero-order chi connectivity index (χ0) is 16.2. The van der Waals surface area contributed by atoms with E-state index in [1.165, 1.54) is 20.0 Å². The van der Waals surface area contributed by atoms with Gasteiger partial charge < -0.3 is 19.5 Å². The Morgan fingerprint density at radius 2 is 2.00 bits per heavy atom. The van der Waals surface area contributed by atoms with Crippen LogP contribution in [0.1, 0.15) is 13.8 Å². The van der Waals surface area contributed by atoms with Crippen molar-refractivity contribution in [2.45, 2.75) is 19.6 Å². The van der Waals surface area contributed by atoms with Crippen LogP contribution in [0, 0.1) is 12.3 Å². The summed E-state index contributed by atoms with van der Waals surface area (Å²) in [7, 11) is 0. The van der Waals surface area contributed by atoms with Crippen molar-refractivity contribution >= 4 is 17.6 Å². The molecular formula is C16H15NO5. The zero-order valence-corrected chi connectivity index (χ0v) is 12.2. The number of esters is 2. The van der Waals surface area contributed by atoms with E-state index in [0.717, 1.165) is 0 Å². The smallest absolute Gasteiger partial charge is 0.350 e. The Morgan fingerprint density at radius 3 is 2.64 bits per heavy atom. The highest BCUT2D eigenvalue weighted by atomic mass is 16.7. The zero-order valence-electron chi connectivity index (χ0n) is 12.2. The molecule has 114 valence electrons. The molecule has 22 heavy (non-hydrogen) atoms. The number of cyclic esters (lactones) is 2. The lowest BCUT2D eigenvalue weighted by Gasteiger charge is -2.29. The second-order valence-corrected chi connectivity index (χ2v) is 4.90. The number of anilines is 1. The molecule has 1 heterocycles. The lowest BCUT2D eigenvalue weighted by molar-refractivity contribution is -0.222. The van der Waals surface area contributed by atoms with Gasteiger partial charge in [0.25, 0.3) is 5.79 Å². The molecule has 2 rings (SSSR count). The minimum absolute atomic E-state index is 0.151. The van der Waals surface area contributed by atoms with Gasteiger partial charge in [-0.3, -0.25) is 0 Å². The molecule has 1 aromatic rings. The van der Waals surface area contributed by atoms with Gasteiger partial charge in [-0.15, -0.1) is 6.42 Å². The van der Waals surface area contributed by atoms with Gasteiger partial charge in [-0.25, -0.2) is 9.59 Å². The molecule has 1 N–H and O–H groups in total. The van der Waals surface area contributed by atoms with Crippen LogP contribution in [0.3, 0.4) is 0 Å². The van der Waals surface area contributed by atoms with Gasteiger partial charge in [-0.2, -0.15) is 0 Å². The lowest BCUT2D eigenvalue weighted by atomic mass is 10.2. The topological polar surface area (TPSA) is 73.9 Å². The predicted octanol–water partition coefficient (Wildman–Crippen LogP) is 1.83. The average Bonchev–Trinajstić information content (AvgIpc) is 2.43. The molecule has 1 aromatic carbocycles. The largest absolute Gasteiger partial charge is 0.481 e. The molecule has 0 saturated carbocycles. The van der Waals surface area contributed by atoms with E-state index in [9.17, 15) is 9.59 Å². The molecule has 0 radical (unpaired) electrons. The molecule has 1 saturated heterocycles. The third-order valence-electron chi connectivity index (χ3n) is 2.66. The Hall–Kier alpha value is -2.94. The summed E-state index contributed by atoms with van der Waals surface area (Å²) in [6.07, 6.45) is 6.36. The maximum absolute atomic E-state index is 11.8. The molecule has 0 spiro atoms. The predicted molar refractivity (Wildman–Crippen MR) is 78.7 cm³/mol. The van der Waals surface area contributed by atoms with Crippen molar-refractivity contribution in [1.82, 2.24) is 0 Å². The van der Waals surface area contributed by atoms with E-state index >= 15 is 0 Å². The van der Waals surface area contributed by atoms with Gasteiger partial charge in [0.05, 0.1) is 0 Å². The van der Waals surface area contributed by atoms with Gasteiger partial charge in [-0.1, -0.05) is 12.0 Å². The van der Waals surface area contributed by atoms with Gasteiger partial charge in [0.2, 0.25) is 0 Å². The number of rotatable bonds is 4. The van der Waals surface area contributed by atoms with Crippen molar-refractivity contribution < 1.29 is 23.8 Å². The molecule has 0 amide bonds. The summed E-state index contributed by atoms with van der Waals surface area (Å²) in [6.45, 7) is 3.12. The van der Waals surface area contributed by atoms with Crippen LogP contribution in [0.5, 0.6) is 5.75 Å². The first kappa shape index (κ1) is 15.4. The molecule has 1 aliphatic heterocycles. The SMILES string of the molecule is C#CCOc1cccc(NC=C2C(=O)OC(C)(C)OC2=O)c1. The second kappa shape index (κ2) is 6.22. The van der Waals surface area contributed by atoms with Crippen molar-refractivity contribution in [1.29, 1.82) is 0 Å². The fourth-order valence-corrected chi connectivity index (χ4v) is 1.73. The summed E-state index contributed by atoms with van der Waals surface area (Å²) >= 11 is 0. The molecule has 6 heteroatoms. The van der Waals surface area contributed by atoms with Crippen LogP contribution < -0.4 is 10.1 Å². The monoisotopic (exact) mass is 301 g/mol. The number of benzene rings is 1. The molecule has 0 unspecified atom stereocenters. The van der Waals surface area contributed by atoms with Crippen molar-refractivity contribution in [3.63, 3.8) is 0 Å². The van der Waals surface area contributed by atoms with Gasteiger partial charge in [0.1, 0.15) is 12.4 Å². The van der Waals surface area contributed by atoms with Crippen LogP contribution in [-0.2, 0) is 19.1 Å². The van der Waals surface area contributed by atoms with Crippen LogP contribution in [0.2, 0.25) is 0 Å². The summed E-state index contributed by atoms with van der Waals surface area (Å²) in [5.74, 6) is 0.188. The molecule has 0 aromatic heterocycles. The van der Waals surface area contributed by atoms with E-state index in [2.05, 4.69) is 11.2 Å².